The van der Waals surface area contributed by atoms with Gasteiger partial charge in [-0.15, -0.1) is 0 Å². The van der Waals surface area contributed by atoms with E-state index in [2.05, 4.69) is 64.2 Å². The molecule has 34 heavy (non-hydrogen) atoms. The fraction of sp³-hybridized carbons (Fsp3) is 0.962. The Balaban J connectivity index is 1.96. The Morgan fingerprint density at radius 3 is 2.41 bits per heavy atom. The number of nitrogens with zero attached hydrogens (tertiary/aromatic N) is 2. The maximum Gasteiger partial charge on any atom is 0.240 e. The molecule has 2 fully saturated rings. The number of hydroxylamine groups is 2. The normalized spacial score (nSPS) is 31.8. The van der Waals surface area contributed by atoms with Gasteiger partial charge in [-0.05, 0) is 76.9 Å². The molecule has 0 bridgehead atoms. The first-order valence-corrected chi connectivity index (χ1v) is 13.3. The van der Waals surface area contributed by atoms with Crippen molar-refractivity contribution < 1.29 is 19.8 Å². The van der Waals surface area contributed by atoms with Crippen molar-refractivity contribution in [3.8, 4) is 0 Å². The first kappa shape index (κ1) is 29.5. The number of rotatable bonds is 14. The summed E-state index contributed by atoms with van der Waals surface area (Å²) in [6.07, 6.45) is 1.69. The maximum absolute atomic E-state index is 13.5. The van der Waals surface area contributed by atoms with E-state index in [0.717, 1.165) is 32.5 Å². The summed E-state index contributed by atoms with van der Waals surface area (Å²) in [5.41, 5.74) is 0.283. The number of likely N-dealkylation sites (N-methyl/N-ethyl adjacent to an activating group) is 1. The Labute approximate surface area is 207 Å². The highest BCUT2D eigenvalue weighted by Crippen LogP contribution is 2.54. The van der Waals surface area contributed by atoms with Crippen LogP contribution in [0.1, 0.15) is 60.8 Å². The van der Waals surface area contributed by atoms with Crippen LogP contribution in [-0.2, 0) is 9.63 Å². The van der Waals surface area contributed by atoms with Crippen LogP contribution in [0, 0.1) is 29.1 Å². The zero-order valence-corrected chi connectivity index (χ0v) is 22.9. The molecule has 2 rings (SSSR count). The number of hydrogen-bond donors (Lipinski definition) is 4. The fourth-order valence-electron chi connectivity index (χ4n) is 5.75. The highest BCUT2D eigenvalue weighted by molar-refractivity contribution is 5.82. The van der Waals surface area contributed by atoms with Gasteiger partial charge in [-0.3, -0.25) is 9.63 Å². The van der Waals surface area contributed by atoms with E-state index in [1.807, 2.05) is 0 Å². The largest absolute Gasteiger partial charge is 0.394 e. The summed E-state index contributed by atoms with van der Waals surface area (Å²) in [7, 11) is 4.12. The van der Waals surface area contributed by atoms with Gasteiger partial charge >= 0.3 is 0 Å². The lowest BCUT2D eigenvalue weighted by molar-refractivity contribution is -0.177. The van der Waals surface area contributed by atoms with Crippen LogP contribution >= 0.6 is 0 Å². The third-order valence-corrected chi connectivity index (χ3v) is 8.72. The van der Waals surface area contributed by atoms with Gasteiger partial charge in [-0.1, -0.05) is 27.7 Å². The first-order chi connectivity index (χ1) is 15.9. The van der Waals surface area contributed by atoms with E-state index >= 15 is 0 Å². The highest BCUT2D eigenvalue weighted by atomic mass is 16.7. The number of nitrogens with one attached hydrogen (secondary N) is 2. The molecule has 8 heteroatoms. The van der Waals surface area contributed by atoms with Crippen molar-refractivity contribution in [2.45, 2.75) is 85.1 Å². The molecular weight excluding hydrogens is 432 g/mol. The molecule has 1 heterocycles. The van der Waals surface area contributed by atoms with E-state index < -0.39 is 24.2 Å². The van der Waals surface area contributed by atoms with Crippen LogP contribution in [-0.4, -0.2) is 97.3 Å². The molecule has 1 aliphatic heterocycles. The monoisotopic (exact) mass is 484 g/mol. The number of carbonyl (C=O) groups is 1. The summed E-state index contributed by atoms with van der Waals surface area (Å²) >= 11 is 0. The second-order valence-electron chi connectivity index (χ2n) is 11.7. The van der Waals surface area contributed by atoms with Crippen molar-refractivity contribution in [2.24, 2.45) is 29.1 Å². The van der Waals surface area contributed by atoms with Crippen LogP contribution in [0.3, 0.4) is 0 Å². The van der Waals surface area contributed by atoms with Gasteiger partial charge in [0.1, 0.15) is 12.1 Å². The number of amides is 1. The van der Waals surface area contributed by atoms with E-state index in [1.54, 1.807) is 12.0 Å². The number of unbranched alkanes of at least 4 members (excludes halogenated alkanes) is 1. The zero-order chi connectivity index (χ0) is 25.6. The van der Waals surface area contributed by atoms with Gasteiger partial charge in [0, 0.05) is 31.6 Å². The van der Waals surface area contributed by atoms with Crippen LogP contribution in [0.2, 0.25) is 0 Å². The van der Waals surface area contributed by atoms with Crippen molar-refractivity contribution in [1.82, 2.24) is 20.6 Å². The summed E-state index contributed by atoms with van der Waals surface area (Å²) < 4.78 is 0. The van der Waals surface area contributed by atoms with E-state index in [-0.39, 0.29) is 24.0 Å². The summed E-state index contributed by atoms with van der Waals surface area (Å²) in [5.74, 6) is 1.05. The van der Waals surface area contributed by atoms with Gasteiger partial charge in [-0.25, -0.2) is 0 Å². The molecule has 200 valence electrons. The quantitative estimate of drug-likeness (QED) is 0.279. The lowest BCUT2D eigenvalue weighted by atomic mass is 9.51. The van der Waals surface area contributed by atoms with Crippen LogP contribution in [0.25, 0.3) is 0 Å². The Morgan fingerprint density at radius 1 is 1.21 bits per heavy atom. The van der Waals surface area contributed by atoms with Crippen molar-refractivity contribution >= 4 is 5.91 Å². The third-order valence-electron chi connectivity index (χ3n) is 8.72. The average molecular weight is 485 g/mol. The van der Waals surface area contributed by atoms with E-state index in [4.69, 9.17) is 4.84 Å². The predicted octanol–water partition coefficient (Wildman–Crippen LogP) is 1.71. The Kier molecular flexibility index (Phi) is 11.2. The zero-order valence-electron chi connectivity index (χ0n) is 22.9. The summed E-state index contributed by atoms with van der Waals surface area (Å²) in [5, 5.41) is 28.7. The summed E-state index contributed by atoms with van der Waals surface area (Å²) in [4.78, 5) is 21.6. The molecule has 8 nitrogen and oxygen atoms in total. The topological polar surface area (TPSA) is 97.3 Å². The van der Waals surface area contributed by atoms with Crippen molar-refractivity contribution in [1.29, 1.82) is 0 Å². The van der Waals surface area contributed by atoms with Crippen LogP contribution in [0.4, 0.5) is 0 Å². The molecule has 1 saturated heterocycles. The minimum absolute atomic E-state index is 0.0230. The average Bonchev–Trinajstić information content (AvgIpc) is 3.15. The Bertz CT molecular complexity index is 630. The Morgan fingerprint density at radius 2 is 1.88 bits per heavy atom. The lowest BCUT2D eigenvalue weighted by Gasteiger charge is -2.55. The van der Waals surface area contributed by atoms with Crippen LogP contribution in [0.5, 0.6) is 0 Å². The van der Waals surface area contributed by atoms with Gasteiger partial charge in [0.25, 0.3) is 0 Å². The number of aliphatic hydroxyl groups is 2. The van der Waals surface area contributed by atoms with Crippen molar-refractivity contribution in [3.05, 3.63) is 0 Å². The van der Waals surface area contributed by atoms with Crippen molar-refractivity contribution in [3.63, 3.8) is 0 Å². The molecule has 1 amide bonds. The molecule has 2 aliphatic rings. The third kappa shape index (κ3) is 7.14. The first-order valence-electron chi connectivity index (χ1n) is 13.3. The SMILES string of the molecule is C[C@H]([C@H](C)NC(=O)[C@@H]1[C@H]([C@H](C)O)[C@H](CO)ON1CCCCNCCN(C)C)[C@@H]1C[C@H](C)C1(C)C. The smallest absolute Gasteiger partial charge is 0.240 e. The molecule has 1 aliphatic carbocycles. The molecule has 0 radical (unpaired) electrons. The predicted molar refractivity (Wildman–Crippen MR) is 136 cm³/mol. The standard InChI is InChI=1S/C26H52N4O4/c1-17-15-21(26(17,5)6)18(2)19(3)28-25(33)24-23(20(4)32)22(16-31)34-30(24)13-10-9-11-27-12-14-29(7)8/h17-24,27,31-32H,9-16H2,1-8H3,(H,28,33)/t17-,18+,19-,20-,21-,22-,23+,24-/m0/s1. The minimum Gasteiger partial charge on any atom is -0.394 e. The molecule has 0 aromatic carbocycles. The van der Waals surface area contributed by atoms with Crippen molar-refractivity contribution in [2.75, 3.05) is 46.9 Å². The van der Waals surface area contributed by atoms with Gasteiger partial charge in [-0.2, -0.15) is 5.06 Å². The number of aliphatic hydroxyl groups excluding tert-OH is 2. The van der Waals surface area contributed by atoms with E-state index in [1.165, 1.54) is 6.42 Å². The molecule has 1 saturated carbocycles. The van der Waals surface area contributed by atoms with Gasteiger partial charge in [0.15, 0.2) is 0 Å². The summed E-state index contributed by atoms with van der Waals surface area (Å²) in [6.45, 7) is 16.2. The Hall–Kier alpha value is -0.770. The highest BCUT2D eigenvalue weighted by Gasteiger charge is 2.51. The molecule has 0 aromatic rings. The molecule has 0 unspecified atom stereocenters. The second-order valence-corrected chi connectivity index (χ2v) is 11.7. The minimum atomic E-state index is -0.759. The van der Waals surface area contributed by atoms with Gasteiger partial charge in [0.05, 0.1) is 12.7 Å². The summed E-state index contributed by atoms with van der Waals surface area (Å²) in [6, 6.07) is -0.586. The number of carbonyl (C=O) groups excluding carboxylic acids is 1. The molecule has 8 atom stereocenters. The fourth-order valence-corrected chi connectivity index (χ4v) is 5.75. The van der Waals surface area contributed by atoms with Crippen LogP contribution < -0.4 is 10.6 Å². The van der Waals surface area contributed by atoms with E-state index in [9.17, 15) is 15.0 Å². The number of hydrogen-bond acceptors (Lipinski definition) is 7. The van der Waals surface area contributed by atoms with E-state index in [0.29, 0.717) is 24.3 Å². The molecular formula is C26H52N4O4. The van der Waals surface area contributed by atoms with Gasteiger partial charge in [0.2, 0.25) is 5.91 Å². The maximum atomic E-state index is 13.5. The molecule has 0 aromatic heterocycles. The lowest BCUT2D eigenvalue weighted by Crippen LogP contribution is -2.55. The van der Waals surface area contributed by atoms with Gasteiger partial charge < -0.3 is 25.7 Å². The molecule has 4 N–H and O–H groups in total. The van der Waals surface area contributed by atoms with Crippen LogP contribution in [0.15, 0.2) is 0 Å². The second kappa shape index (κ2) is 13.0. The molecule has 0 spiro atoms.